The summed E-state index contributed by atoms with van der Waals surface area (Å²) in [6, 6.07) is 12.8. The first kappa shape index (κ1) is 25.7. The van der Waals surface area contributed by atoms with Gasteiger partial charge in [0.25, 0.3) is 0 Å². The van der Waals surface area contributed by atoms with Crippen LogP contribution in [0.1, 0.15) is 30.9 Å². The van der Waals surface area contributed by atoms with E-state index in [1.807, 2.05) is 24.3 Å². The summed E-state index contributed by atoms with van der Waals surface area (Å²) in [6.07, 6.45) is 3.42. The molecule has 2 aromatic carbocycles. The SMILES string of the molecule is CCOC(=O)C1=CN(Cc2ccc(OC)cc2)C=C(C(=O)OCC)C1c1ccc(OC)cc1OC. The zero-order valence-corrected chi connectivity index (χ0v) is 20.7. The Kier molecular flexibility index (Phi) is 8.78. The van der Waals surface area contributed by atoms with E-state index in [0.717, 1.165) is 11.3 Å². The predicted octanol–water partition coefficient (Wildman–Crippen LogP) is 4.21. The van der Waals surface area contributed by atoms with Crippen LogP contribution in [0.3, 0.4) is 0 Å². The molecule has 0 radical (unpaired) electrons. The van der Waals surface area contributed by atoms with E-state index in [1.54, 1.807) is 63.6 Å². The fourth-order valence-electron chi connectivity index (χ4n) is 3.91. The van der Waals surface area contributed by atoms with Crippen LogP contribution in [0.15, 0.2) is 66.0 Å². The molecule has 8 heteroatoms. The lowest BCUT2D eigenvalue weighted by atomic mass is 9.82. The first-order valence-electron chi connectivity index (χ1n) is 11.3. The van der Waals surface area contributed by atoms with Crippen molar-refractivity contribution in [2.24, 2.45) is 0 Å². The number of ether oxygens (including phenoxy) is 5. The molecule has 1 aliphatic rings. The minimum atomic E-state index is -0.749. The highest BCUT2D eigenvalue weighted by Gasteiger charge is 2.37. The summed E-state index contributed by atoms with van der Waals surface area (Å²) < 4.78 is 26.9. The second-order valence-electron chi connectivity index (χ2n) is 7.67. The van der Waals surface area contributed by atoms with Gasteiger partial charge in [-0.2, -0.15) is 0 Å². The fraction of sp³-hybridized carbons (Fsp3) is 0.333. The van der Waals surface area contributed by atoms with Gasteiger partial charge in [0.1, 0.15) is 17.2 Å². The molecule has 186 valence electrons. The average Bonchev–Trinajstić information content (AvgIpc) is 2.88. The lowest BCUT2D eigenvalue weighted by molar-refractivity contribution is -0.139. The molecular formula is C27H31NO7. The van der Waals surface area contributed by atoms with Crippen molar-refractivity contribution in [1.29, 1.82) is 0 Å². The number of rotatable bonds is 10. The zero-order valence-electron chi connectivity index (χ0n) is 20.7. The van der Waals surface area contributed by atoms with Crippen LogP contribution in [0, 0.1) is 0 Å². The third-order valence-electron chi connectivity index (χ3n) is 5.53. The van der Waals surface area contributed by atoms with Gasteiger partial charge in [-0.3, -0.25) is 0 Å². The van der Waals surface area contributed by atoms with Gasteiger partial charge in [0.2, 0.25) is 0 Å². The van der Waals surface area contributed by atoms with E-state index in [4.69, 9.17) is 23.7 Å². The summed E-state index contributed by atoms with van der Waals surface area (Å²) in [5.41, 5.74) is 2.19. The van der Waals surface area contributed by atoms with Crippen LogP contribution in [0.4, 0.5) is 0 Å². The third kappa shape index (κ3) is 5.95. The van der Waals surface area contributed by atoms with Gasteiger partial charge in [-0.25, -0.2) is 9.59 Å². The van der Waals surface area contributed by atoms with E-state index in [1.165, 1.54) is 7.11 Å². The number of carbonyl (C=O) groups is 2. The van der Waals surface area contributed by atoms with Crippen molar-refractivity contribution in [2.75, 3.05) is 34.5 Å². The molecule has 0 spiro atoms. The molecule has 0 N–H and O–H groups in total. The Labute approximate surface area is 205 Å². The Balaban J connectivity index is 2.12. The number of esters is 2. The van der Waals surface area contributed by atoms with Gasteiger partial charge in [0, 0.05) is 30.6 Å². The van der Waals surface area contributed by atoms with E-state index in [9.17, 15) is 9.59 Å². The Hall–Kier alpha value is -3.94. The number of nitrogens with zero attached hydrogens (tertiary/aromatic N) is 1. The molecule has 0 aromatic heterocycles. The maximum absolute atomic E-state index is 13.1. The van der Waals surface area contributed by atoms with Gasteiger partial charge in [-0.1, -0.05) is 18.2 Å². The maximum atomic E-state index is 13.1. The van der Waals surface area contributed by atoms with Gasteiger partial charge in [-0.05, 0) is 37.6 Å². The highest BCUT2D eigenvalue weighted by molar-refractivity contribution is 5.99. The van der Waals surface area contributed by atoms with Crippen LogP contribution >= 0.6 is 0 Å². The number of benzene rings is 2. The van der Waals surface area contributed by atoms with Gasteiger partial charge in [-0.15, -0.1) is 0 Å². The Bertz CT molecular complexity index is 1070. The van der Waals surface area contributed by atoms with Gasteiger partial charge in [0.05, 0.1) is 51.6 Å². The Morgan fingerprint density at radius 2 is 1.31 bits per heavy atom. The van der Waals surface area contributed by atoms with Crippen molar-refractivity contribution in [3.8, 4) is 17.2 Å². The second kappa shape index (κ2) is 12.0. The molecular weight excluding hydrogens is 450 g/mol. The Morgan fingerprint density at radius 1 is 0.771 bits per heavy atom. The maximum Gasteiger partial charge on any atom is 0.336 e. The van der Waals surface area contributed by atoms with E-state index in [0.29, 0.717) is 34.8 Å². The minimum absolute atomic E-state index is 0.194. The molecule has 3 rings (SSSR count). The number of carbonyl (C=O) groups excluding carboxylic acids is 2. The van der Waals surface area contributed by atoms with Crippen molar-refractivity contribution >= 4 is 11.9 Å². The van der Waals surface area contributed by atoms with Crippen molar-refractivity contribution in [2.45, 2.75) is 26.3 Å². The molecule has 35 heavy (non-hydrogen) atoms. The molecule has 1 heterocycles. The summed E-state index contributed by atoms with van der Waals surface area (Å²) in [6.45, 7) is 4.28. The van der Waals surface area contributed by atoms with E-state index in [2.05, 4.69) is 0 Å². The van der Waals surface area contributed by atoms with Crippen molar-refractivity contribution in [1.82, 2.24) is 4.90 Å². The monoisotopic (exact) mass is 481 g/mol. The quantitative estimate of drug-likeness (QED) is 0.467. The summed E-state index contributed by atoms with van der Waals surface area (Å²) >= 11 is 0. The highest BCUT2D eigenvalue weighted by atomic mass is 16.5. The highest BCUT2D eigenvalue weighted by Crippen LogP contribution is 2.42. The van der Waals surface area contributed by atoms with E-state index >= 15 is 0 Å². The molecule has 2 aromatic rings. The molecule has 1 aliphatic heterocycles. The normalized spacial score (nSPS) is 13.5. The lowest BCUT2D eigenvalue weighted by Gasteiger charge is -2.31. The molecule has 0 fully saturated rings. The second-order valence-corrected chi connectivity index (χ2v) is 7.67. The topological polar surface area (TPSA) is 83.5 Å². The Morgan fingerprint density at radius 3 is 1.80 bits per heavy atom. The molecule has 0 atom stereocenters. The van der Waals surface area contributed by atoms with Crippen LogP contribution in [-0.4, -0.2) is 51.4 Å². The van der Waals surface area contributed by atoms with Crippen LogP contribution in [0.25, 0.3) is 0 Å². The zero-order chi connectivity index (χ0) is 25.4. The molecule has 0 bridgehead atoms. The van der Waals surface area contributed by atoms with Crippen LogP contribution < -0.4 is 14.2 Å². The first-order valence-corrected chi connectivity index (χ1v) is 11.3. The molecule has 0 saturated carbocycles. The molecule has 8 nitrogen and oxygen atoms in total. The lowest BCUT2D eigenvalue weighted by Crippen LogP contribution is -2.29. The van der Waals surface area contributed by atoms with Gasteiger partial charge < -0.3 is 28.6 Å². The average molecular weight is 482 g/mol. The van der Waals surface area contributed by atoms with Crippen molar-refractivity contribution in [3.63, 3.8) is 0 Å². The van der Waals surface area contributed by atoms with Crippen molar-refractivity contribution in [3.05, 3.63) is 77.1 Å². The standard InChI is InChI=1S/C27H31NO7/c1-6-34-26(29)22-16-28(15-18-8-10-19(31-3)11-9-18)17-23(27(30)35-7-2)25(22)21-13-12-20(32-4)14-24(21)33-5/h8-14,16-17,25H,6-7,15H2,1-5H3. The van der Waals surface area contributed by atoms with E-state index < -0.39 is 17.9 Å². The van der Waals surface area contributed by atoms with Crippen LogP contribution in [0.2, 0.25) is 0 Å². The van der Waals surface area contributed by atoms with Crippen molar-refractivity contribution < 1.29 is 33.3 Å². The number of methoxy groups -OCH3 is 3. The predicted molar refractivity (Wildman–Crippen MR) is 130 cm³/mol. The van der Waals surface area contributed by atoms with Gasteiger partial charge >= 0.3 is 11.9 Å². The van der Waals surface area contributed by atoms with Crippen LogP contribution in [0.5, 0.6) is 17.2 Å². The fourth-order valence-corrected chi connectivity index (χ4v) is 3.91. The summed E-state index contributed by atoms with van der Waals surface area (Å²) in [4.78, 5) is 28.1. The summed E-state index contributed by atoms with van der Waals surface area (Å²) in [5.74, 6) is 0.00913. The number of hydrogen-bond acceptors (Lipinski definition) is 8. The third-order valence-corrected chi connectivity index (χ3v) is 5.53. The van der Waals surface area contributed by atoms with Crippen LogP contribution in [-0.2, 0) is 25.6 Å². The number of hydrogen-bond donors (Lipinski definition) is 0. The summed E-state index contributed by atoms with van der Waals surface area (Å²) in [7, 11) is 4.69. The molecule has 0 unspecified atom stereocenters. The molecule has 0 aliphatic carbocycles. The first-order chi connectivity index (χ1) is 16.9. The molecule has 0 amide bonds. The smallest absolute Gasteiger partial charge is 0.336 e. The largest absolute Gasteiger partial charge is 0.497 e. The van der Waals surface area contributed by atoms with Gasteiger partial charge in [0.15, 0.2) is 0 Å². The van der Waals surface area contributed by atoms with E-state index in [-0.39, 0.29) is 13.2 Å². The minimum Gasteiger partial charge on any atom is -0.497 e. The summed E-state index contributed by atoms with van der Waals surface area (Å²) in [5, 5.41) is 0. The molecule has 0 saturated heterocycles.